The molecular formula is C22H32ClFN2O4. The summed E-state index contributed by atoms with van der Waals surface area (Å²) in [7, 11) is 0. The third-order valence-electron chi connectivity index (χ3n) is 4.01. The second-order valence-electron chi connectivity index (χ2n) is 7.61. The van der Waals surface area contributed by atoms with E-state index in [1.54, 1.807) is 6.92 Å². The van der Waals surface area contributed by atoms with Crippen LogP contribution in [0.2, 0.25) is 0 Å². The fraction of sp³-hybridized carbons (Fsp3) is 0.545. The number of carbonyl (C=O) groups is 1. The molecule has 0 aromatic heterocycles. The molecule has 0 saturated carbocycles. The molecule has 8 heteroatoms. The molecule has 0 saturated heterocycles. The molecule has 6 nitrogen and oxygen atoms in total. The Balaban J connectivity index is 2.49. The third kappa shape index (κ3) is 9.24. The molecule has 0 N–H and O–H groups in total. The molecule has 0 radical (unpaired) electrons. The fourth-order valence-corrected chi connectivity index (χ4v) is 2.51. The molecule has 0 fully saturated rings. The van der Waals surface area contributed by atoms with E-state index in [9.17, 15) is 9.18 Å². The van der Waals surface area contributed by atoms with Gasteiger partial charge in [-0.2, -0.15) is 5.10 Å². The lowest BCUT2D eigenvalue weighted by Gasteiger charge is -2.30. The normalized spacial score (nSPS) is 12.3. The number of allylic oxidation sites excluding steroid dienone is 1. The lowest BCUT2D eigenvalue weighted by Crippen LogP contribution is -2.41. The zero-order valence-electron chi connectivity index (χ0n) is 18.2. The van der Waals surface area contributed by atoms with Gasteiger partial charge in [0.15, 0.2) is 0 Å². The minimum absolute atomic E-state index is 0.0314. The summed E-state index contributed by atoms with van der Waals surface area (Å²) in [5.41, 5.74) is 1.40. The quantitative estimate of drug-likeness (QED) is 0.145. The molecule has 0 bridgehead atoms. The first kappa shape index (κ1) is 26.1. The van der Waals surface area contributed by atoms with Gasteiger partial charge in [0.1, 0.15) is 17.4 Å². The summed E-state index contributed by atoms with van der Waals surface area (Å²) in [4.78, 5) is 12.5. The van der Waals surface area contributed by atoms with Gasteiger partial charge in [0.25, 0.3) is 5.91 Å². The zero-order chi connectivity index (χ0) is 22.6. The summed E-state index contributed by atoms with van der Waals surface area (Å²) in [6.45, 7) is 12.3. The summed E-state index contributed by atoms with van der Waals surface area (Å²) in [5, 5.41) is 4.96. The Bertz CT molecular complexity index is 702. The van der Waals surface area contributed by atoms with Crippen LogP contribution in [0.1, 0.15) is 45.2 Å². The van der Waals surface area contributed by atoms with Gasteiger partial charge in [-0.15, -0.1) is 0 Å². The van der Waals surface area contributed by atoms with Gasteiger partial charge in [-0.3, -0.25) is 9.18 Å². The van der Waals surface area contributed by atoms with Crippen molar-refractivity contribution in [3.8, 4) is 0 Å². The number of alkyl halides is 1. The molecular weight excluding hydrogens is 411 g/mol. The number of amides is 1. The number of nitrogens with zero attached hydrogens (tertiary/aromatic N) is 2. The Hall–Kier alpha value is -1.96. The van der Waals surface area contributed by atoms with E-state index >= 15 is 0 Å². The first-order valence-electron chi connectivity index (χ1n) is 9.80. The van der Waals surface area contributed by atoms with E-state index in [0.29, 0.717) is 38.6 Å². The third-order valence-corrected chi connectivity index (χ3v) is 4.44. The van der Waals surface area contributed by atoms with Crippen molar-refractivity contribution in [3.05, 3.63) is 46.2 Å². The van der Waals surface area contributed by atoms with Gasteiger partial charge < -0.3 is 14.2 Å². The van der Waals surface area contributed by atoms with E-state index in [1.807, 2.05) is 45.0 Å². The van der Waals surface area contributed by atoms with Crippen LogP contribution in [0, 0.1) is 0 Å². The highest BCUT2D eigenvalue weighted by Gasteiger charge is 2.29. The van der Waals surface area contributed by atoms with Crippen molar-refractivity contribution in [1.82, 2.24) is 5.01 Å². The highest BCUT2D eigenvalue weighted by molar-refractivity contribution is 6.42. The van der Waals surface area contributed by atoms with E-state index in [0.717, 1.165) is 11.1 Å². The smallest absolute Gasteiger partial charge is 0.289 e. The molecule has 0 heterocycles. The molecule has 0 atom stereocenters. The van der Waals surface area contributed by atoms with Gasteiger partial charge in [-0.1, -0.05) is 35.9 Å². The Morgan fingerprint density at radius 2 is 1.67 bits per heavy atom. The van der Waals surface area contributed by atoms with Crippen LogP contribution in [0.4, 0.5) is 4.39 Å². The molecule has 1 amide bonds. The van der Waals surface area contributed by atoms with Crippen LogP contribution < -0.4 is 0 Å². The maximum Gasteiger partial charge on any atom is 0.289 e. The summed E-state index contributed by atoms with van der Waals surface area (Å²) < 4.78 is 28.4. The summed E-state index contributed by atoms with van der Waals surface area (Å²) in [6, 6.07) is 7.73. The van der Waals surface area contributed by atoms with E-state index < -0.39 is 11.4 Å². The number of carbonyl (C=O) groups excluding carboxylic acids is 1. The van der Waals surface area contributed by atoms with Crippen LogP contribution in [0.15, 0.2) is 40.2 Å². The summed E-state index contributed by atoms with van der Waals surface area (Å²) >= 11 is 6.19. The highest BCUT2D eigenvalue weighted by atomic mass is 35.5. The van der Waals surface area contributed by atoms with Crippen molar-refractivity contribution >= 4 is 24.2 Å². The van der Waals surface area contributed by atoms with E-state index in [1.165, 1.54) is 5.01 Å². The van der Waals surface area contributed by atoms with Gasteiger partial charge >= 0.3 is 0 Å². The molecule has 30 heavy (non-hydrogen) atoms. The van der Waals surface area contributed by atoms with Crippen LogP contribution in [0.25, 0.3) is 0 Å². The van der Waals surface area contributed by atoms with Gasteiger partial charge in [0.05, 0.1) is 32.0 Å². The van der Waals surface area contributed by atoms with Crippen molar-refractivity contribution in [2.24, 2.45) is 5.10 Å². The number of hydrogen-bond acceptors (Lipinski definition) is 5. The number of rotatable bonds is 13. The molecule has 1 rings (SSSR count). The maximum absolute atomic E-state index is 12.5. The molecule has 0 aliphatic rings. The predicted molar refractivity (Wildman–Crippen MR) is 117 cm³/mol. The van der Waals surface area contributed by atoms with E-state index in [-0.39, 0.29) is 18.3 Å². The molecule has 0 unspecified atom stereocenters. The van der Waals surface area contributed by atoms with Crippen molar-refractivity contribution in [3.63, 3.8) is 0 Å². The lowest BCUT2D eigenvalue weighted by atomic mass is 10.1. The lowest BCUT2D eigenvalue weighted by molar-refractivity contribution is -0.131. The van der Waals surface area contributed by atoms with Crippen LogP contribution in [-0.2, 0) is 32.2 Å². The number of hydrogen-bond donors (Lipinski definition) is 0. The van der Waals surface area contributed by atoms with Crippen LogP contribution in [0.3, 0.4) is 0 Å². The van der Waals surface area contributed by atoms with Gasteiger partial charge in [0.2, 0.25) is 0 Å². The van der Waals surface area contributed by atoms with E-state index in [2.05, 4.69) is 11.8 Å². The number of benzene rings is 1. The van der Waals surface area contributed by atoms with Crippen molar-refractivity contribution < 1.29 is 23.4 Å². The predicted octanol–water partition coefficient (Wildman–Crippen LogP) is 4.81. The van der Waals surface area contributed by atoms with Gasteiger partial charge in [-0.05, 0) is 45.2 Å². The minimum Gasteiger partial charge on any atom is -0.492 e. The SMILES string of the molecule is C=NN(C(=O)/C(Cl)=C(\C)OCc1ccc(COCCOCCCF)cc1)C(C)(C)C. The Labute approximate surface area is 183 Å². The largest absolute Gasteiger partial charge is 0.492 e. The monoisotopic (exact) mass is 442 g/mol. The zero-order valence-corrected chi connectivity index (χ0v) is 19.0. The molecule has 1 aromatic carbocycles. The number of halogens is 2. The number of ether oxygens (including phenoxy) is 3. The number of hydrazone groups is 1. The van der Waals surface area contributed by atoms with Crippen molar-refractivity contribution in [1.29, 1.82) is 0 Å². The Morgan fingerprint density at radius 3 is 2.20 bits per heavy atom. The van der Waals surface area contributed by atoms with Crippen molar-refractivity contribution in [2.75, 3.05) is 26.5 Å². The molecule has 0 spiro atoms. The van der Waals surface area contributed by atoms with Gasteiger partial charge in [0, 0.05) is 13.3 Å². The van der Waals surface area contributed by atoms with Crippen LogP contribution in [0.5, 0.6) is 0 Å². The molecule has 0 aliphatic carbocycles. The molecule has 168 valence electrons. The maximum atomic E-state index is 12.5. The summed E-state index contributed by atoms with van der Waals surface area (Å²) in [6.07, 6.45) is 0.414. The van der Waals surface area contributed by atoms with Crippen LogP contribution >= 0.6 is 11.6 Å². The standard InChI is InChI=1S/C22H32ClFN2O4/c1-17(20(23)21(27)26(25-5)22(2,3)4)30-16-19-9-7-18(8-10-19)15-29-14-13-28-12-6-11-24/h7-10H,5-6,11-16H2,1-4H3/b20-17-. The average molecular weight is 443 g/mol. The van der Waals surface area contributed by atoms with Gasteiger partial charge in [-0.25, -0.2) is 5.01 Å². The van der Waals surface area contributed by atoms with E-state index in [4.69, 9.17) is 25.8 Å². The Kier molecular flexibility index (Phi) is 11.6. The van der Waals surface area contributed by atoms with Crippen molar-refractivity contribution in [2.45, 2.75) is 52.9 Å². The second kappa shape index (κ2) is 13.4. The second-order valence-corrected chi connectivity index (χ2v) is 7.99. The molecule has 0 aliphatic heterocycles. The summed E-state index contributed by atoms with van der Waals surface area (Å²) in [5.74, 6) is -0.141. The highest BCUT2D eigenvalue weighted by Crippen LogP contribution is 2.22. The van der Waals surface area contributed by atoms with Crippen LogP contribution in [-0.4, -0.2) is 49.7 Å². The Morgan fingerprint density at radius 1 is 1.10 bits per heavy atom. The molecule has 1 aromatic rings. The first-order chi connectivity index (χ1) is 14.2. The fourth-order valence-electron chi connectivity index (χ4n) is 2.38. The topological polar surface area (TPSA) is 60.4 Å². The first-order valence-corrected chi connectivity index (χ1v) is 10.2. The average Bonchev–Trinajstić information content (AvgIpc) is 2.71. The minimum atomic E-state index is -0.544.